The number of imidazole rings is 1. The number of nitrogens with one attached hydrogen (secondary N) is 1. The normalized spacial score (nSPS) is 16.1. The van der Waals surface area contributed by atoms with Crippen LogP contribution in [0, 0.1) is 0 Å². The first kappa shape index (κ1) is 22.0. The minimum atomic E-state index is -0.325. The minimum Gasteiger partial charge on any atom is -0.465 e. The predicted octanol–water partition coefficient (Wildman–Crippen LogP) is 3.07. The Hall–Kier alpha value is -3.19. The van der Waals surface area contributed by atoms with Crippen molar-refractivity contribution < 1.29 is 14.3 Å². The second kappa shape index (κ2) is 9.96. The Morgan fingerprint density at radius 1 is 1.19 bits per heavy atom. The molecule has 1 aromatic heterocycles. The van der Waals surface area contributed by atoms with Crippen molar-refractivity contribution in [3.8, 4) is 0 Å². The van der Waals surface area contributed by atoms with E-state index in [9.17, 15) is 9.59 Å². The Kier molecular flexibility index (Phi) is 6.85. The van der Waals surface area contributed by atoms with Gasteiger partial charge in [0, 0.05) is 39.0 Å². The smallest absolute Gasteiger partial charge is 0.337 e. The van der Waals surface area contributed by atoms with Crippen molar-refractivity contribution in [1.29, 1.82) is 0 Å². The van der Waals surface area contributed by atoms with Gasteiger partial charge in [-0.2, -0.15) is 0 Å². The molecule has 0 bridgehead atoms. The number of ether oxygens (including phenoxy) is 1. The van der Waals surface area contributed by atoms with Gasteiger partial charge in [0.05, 0.1) is 23.7 Å². The van der Waals surface area contributed by atoms with E-state index in [1.165, 1.54) is 7.11 Å². The summed E-state index contributed by atoms with van der Waals surface area (Å²) in [5.74, 6) is 0.930. The molecule has 7 heteroatoms. The van der Waals surface area contributed by atoms with Crippen LogP contribution in [0.2, 0.25) is 0 Å². The summed E-state index contributed by atoms with van der Waals surface area (Å²) in [4.78, 5) is 30.8. The SMILES string of the molecule is COC(=O)c1ccc(CNCC[C@@H]2CCC(=O)N2CCc2nc3ccccc3n2C)cc1. The molecule has 1 amide bonds. The van der Waals surface area contributed by atoms with Crippen LogP contribution in [-0.4, -0.2) is 52.6 Å². The molecular formula is C25H30N4O3. The van der Waals surface area contributed by atoms with Crippen LogP contribution in [0.25, 0.3) is 11.0 Å². The van der Waals surface area contributed by atoms with Crippen LogP contribution in [0.5, 0.6) is 0 Å². The van der Waals surface area contributed by atoms with Gasteiger partial charge in [0.1, 0.15) is 5.82 Å². The molecule has 1 fully saturated rings. The first-order valence-electron chi connectivity index (χ1n) is 11.1. The Bertz CT molecular complexity index is 1090. The van der Waals surface area contributed by atoms with Crippen LogP contribution < -0.4 is 5.32 Å². The highest BCUT2D eigenvalue weighted by molar-refractivity contribution is 5.89. The van der Waals surface area contributed by atoms with Gasteiger partial charge in [0.25, 0.3) is 0 Å². The van der Waals surface area contributed by atoms with Gasteiger partial charge in [0.15, 0.2) is 0 Å². The lowest BCUT2D eigenvalue weighted by atomic mass is 10.1. The number of carbonyl (C=O) groups excluding carboxylic acids is 2. The second-order valence-electron chi connectivity index (χ2n) is 8.26. The zero-order valence-electron chi connectivity index (χ0n) is 18.7. The zero-order chi connectivity index (χ0) is 22.5. The monoisotopic (exact) mass is 434 g/mol. The standard InChI is InChI=1S/C25H30N4O3/c1-28-22-6-4-3-5-21(22)27-23(28)14-16-29-20(11-12-24(29)30)13-15-26-17-18-7-9-19(10-8-18)25(31)32-2/h3-10,20,26H,11-17H2,1-2H3/t20-/m0/s1. The lowest BCUT2D eigenvalue weighted by Gasteiger charge is -2.25. The molecular weight excluding hydrogens is 404 g/mol. The van der Waals surface area contributed by atoms with Crippen molar-refractivity contribution in [2.45, 2.75) is 38.3 Å². The number of benzene rings is 2. The van der Waals surface area contributed by atoms with E-state index in [1.54, 1.807) is 12.1 Å². The molecule has 1 atom stereocenters. The Balaban J connectivity index is 1.26. The maximum atomic E-state index is 12.5. The number of hydrogen-bond donors (Lipinski definition) is 1. The molecule has 0 radical (unpaired) electrons. The molecule has 1 saturated heterocycles. The van der Waals surface area contributed by atoms with Crippen molar-refractivity contribution in [3.05, 3.63) is 65.5 Å². The number of para-hydroxylation sites is 2. The van der Waals surface area contributed by atoms with E-state index in [-0.39, 0.29) is 17.9 Å². The number of fused-ring (bicyclic) bond motifs is 1. The average Bonchev–Trinajstić information content (AvgIpc) is 3.34. The quantitative estimate of drug-likeness (QED) is 0.414. The maximum absolute atomic E-state index is 12.5. The molecule has 1 aliphatic rings. The van der Waals surface area contributed by atoms with Crippen molar-refractivity contribution >= 4 is 22.9 Å². The maximum Gasteiger partial charge on any atom is 0.337 e. The molecule has 7 nitrogen and oxygen atoms in total. The van der Waals surface area contributed by atoms with Gasteiger partial charge in [-0.05, 0) is 49.2 Å². The second-order valence-corrected chi connectivity index (χ2v) is 8.26. The highest BCUT2D eigenvalue weighted by Gasteiger charge is 2.30. The van der Waals surface area contributed by atoms with Crippen molar-refractivity contribution in [2.24, 2.45) is 7.05 Å². The average molecular weight is 435 g/mol. The summed E-state index contributed by atoms with van der Waals surface area (Å²) in [5, 5.41) is 3.46. The van der Waals surface area contributed by atoms with Gasteiger partial charge < -0.3 is 19.5 Å². The fourth-order valence-electron chi connectivity index (χ4n) is 4.42. The van der Waals surface area contributed by atoms with E-state index in [1.807, 2.05) is 42.3 Å². The molecule has 0 unspecified atom stereocenters. The van der Waals surface area contributed by atoms with Crippen LogP contribution in [0.3, 0.4) is 0 Å². The van der Waals surface area contributed by atoms with Crippen molar-refractivity contribution in [3.63, 3.8) is 0 Å². The third-order valence-corrected chi connectivity index (χ3v) is 6.27. The number of methoxy groups -OCH3 is 1. The highest BCUT2D eigenvalue weighted by Crippen LogP contribution is 2.22. The van der Waals surface area contributed by atoms with Crippen LogP contribution in [0.15, 0.2) is 48.5 Å². The highest BCUT2D eigenvalue weighted by atomic mass is 16.5. The van der Waals surface area contributed by atoms with Crippen molar-refractivity contribution in [2.75, 3.05) is 20.2 Å². The lowest BCUT2D eigenvalue weighted by molar-refractivity contribution is -0.129. The molecule has 168 valence electrons. The number of carbonyl (C=O) groups is 2. The molecule has 0 saturated carbocycles. The summed E-state index contributed by atoms with van der Waals surface area (Å²) in [6.45, 7) is 2.26. The van der Waals surface area contributed by atoms with Crippen LogP contribution in [0.1, 0.15) is 41.0 Å². The first-order chi connectivity index (χ1) is 15.6. The van der Waals surface area contributed by atoms with E-state index in [0.717, 1.165) is 54.8 Å². The Morgan fingerprint density at radius 3 is 2.72 bits per heavy atom. The van der Waals surface area contributed by atoms with Gasteiger partial charge in [-0.3, -0.25) is 4.79 Å². The predicted molar refractivity (Wildman–Crippen MR) is 123 cm³/mol. The Labute approximate surface area is 188 Å². The molecule has 2 aromatic carbocycles. The van der Waals surface area contributed by atoms with Gasteiger partial charge in [0.2, 0.25) is 5.91 Å². The fourth-order valence-corrected chi connectivity index (χ4v) is 4.42. The number of aromatic nitrogens is 2. The third kappa shape index (κ3) is 4.83. The first-order valence-corrected chi connectivity index (χ1v) is 11.1. The van der Waals surface area contributed by atoms with Gasteiger partial charge in [-0.25, -0.2) is 9.78 Å². The number of aryl methyl sites for hydroxylation is 1. The van der Waals surface area contributed by atoms with Gasteiger partial charge >= 0.3 is 5.97 Å². The zero-order valence-corrected chi connectivity index (χ0v) is 18.7. The molecule has 1 aliphatic heterocycles. The van der Waals surface area contributed by atoms with E-state index in [0.29, 0.717) is 18.5 Å². The number of likely N-dealkylation sites (tertiary alicyclic amines) is 1. The number of nitrogens with zero attached hydrogens (tertiary/aromatic N) is 3. The molecule has 32 heavy (non-hydrogen) atoms. The summed E-state index contributed by atoms with van der Waals surface area (Å²) in [6.07, 6.45) is 3.22. The van der Waals surface area contributed by atoms with E-state index < -0.39 is 0 Å². The molecule has 2 heterocycles. The third-order valence-electron chi connectivity index (χ3n) is 6.27. The molecule has 1 N–H and O–H groups in total. The molecule has 4 rings (SSSR count). The van der Waals surface area contributed by atoms with Gasteiger partial charge in [-0.15, -0.1) is 0 Å². The van der Waals surface area contributed by atoms with Crippen LogP contribution >= 0.6 is 0 Å². The summed E-state index contributed by atoms with van der Waals surface area (Å²) in [7, 11) is 3.42. The lowest BCUT2D eigenvalue weighted by Crippen LogP contribution is -2.36. The number of rotatable bonds is 9. The van der Waals surface area contributed by atoms with Crippen LogP contribution in [-0.2, 0) is 29.5 Å². The Morgan fingerprint density at radius 2 is 1.97 bits per heavy atom. The summed E-state index contributed by atoms with van der Waals surface area (Å²) in [6, 6.07) is 15.8. The molecule has 3 aromatic rings. The molecule has 0 aliphatic carbocycles. The van der Waals surface area contributed by atoms with Gasteiger partial charge in [-0.1, -0.05) is 24.3 Å². The summed E-state index contributed by atoms with van der Waals surface area (Å²) >= 11 is 0. The molecule has 0 spiro atoms. The van der Waals surface area contributed by atoms with Crippen LogP contribution in [0.4, 0.5) is 0 Å². The summed E-state index contributed by atoms with van der Waals surface area (Å²) in [5.41, 5.74) is 3.78. The largest absolute Gasteiger partial charge is 0.465 e. The van der Waals surface area contributed by atoms with E-state index in [2.05, 4.69) is 16.0 Å². The summed E-state index contributed by atoms with van der Waals surface area (Å²) < 4.78 is 6.85. The number of esters is 1. The van der Waals surface area contributed by atoms with Crippen molar-refractivity contribution in [1.82, 2.24) is 19.8 Å². The number of amides is 1. The van der Waals surface area contributed by atoms with E-state index in [4.69, 9.17) is 9.72 Å². The fraction of sp³-hybridized carbons (Fsp3) is 0.400. The topological polar surface area (TPSA) is 76.5 Å². The number of hydrogen-bond acceptors (Lipinski definition) is 5. The van der Waals surface area contributed by atoms with E-state index >= 15 is 0 Å². The minimum absolute atomic E-state index is 0.243.